The fourth-order valence-electron chi connectivity index (χ4n) is 1.17. The highest BCUT2D eigenvalue weighted by Gasteiger charge is 2.24. The molecule has 0 atom stereocenters. The number of hydrogen-bond donors (Lipinski definition) is 1. The molecule has 0 aliphatic carbocycles. The fourth-order valence-corrected chi connectivity index (χ4v) is 2.86. The van der Waals surface area contributed by atoms with Crippen LogP contribution in [-0.2, 0) is 19.6 Å². The van der Waals surface area contributed by atoms with Crippen molar-refractivity contribution in [2.24, 2.45) is 5.92 Å². The van der Waals surface area contributed by atoms with Crippen molar-refractivity contribution in [3.8, 4) is 0 Å². The Morgan fingerprint density at radius 1 is 1.41 bits per heavy atom. The van der Waals surface area contributed by atoms with E-state index in [4.69, 9.17) is 9.84 Å². The topological polar surface area (TPSA) is 83.9 Å². The van der Waals surface area contributed by atoms with Crippen LogP contribution in [0.4, 0.5) is 0 Å². The number of carboxylic acid groups (broad SMARTS) is 1. The van der Waals surface area contributed by atoms with Gasteiger partial charge in [0.25, 0.3) is 0 Å². The highest BCUT2D eigenvalue weighted by Crippen LogP contribution is 2.08. The van der Waals surface area contributed by atoms with Crippen LogP contribution in [0.25, 0.3) is 0 Å². The molecule has 1 N–H and O–H groups in total. The first kappa shape index (κ1) is 16.3. The molecule has 0 fully saturated rings. The van der Waals surface area contributed by atoms with Crippen molar-refractivity contribution >= 4 is 16.0 Å². The SMILES string of the molecule is COCCN(CC(=O)O)S(=O)(=O)CCC(C)C. The third-order valence-electron chi connectivity index (χ3n) is 2.20. The van der Waals surface area contributed by atoms with E-state index >= 15 is 0 Å². The Bertz CT molecular complexity index is 326. The van der Waals surface area contributed by atoms with Gasteiger partial charge in [-0.05, 0) is 12.3 Å². The molecule has 0 aromatic heterocycles. The number of carboxylic acids is 1. The first-order valence-corrected chi connectivity index (χ1v) is 7.09. The van der Waals surface area contributed by atoms with Gasteiger partial charge in [0.15, 0.2) is 0 Å². The minimum absolute atomic E-state index is 0.0261. The molecule has 0 aromatic carbocycles. The predicted molar refractivity (Wildman–Crippen MR) is 64.3 cm³/mol. The van der Waals surface area contributed by atoms with Gasteiger partial charge in [0.2, 0.25) is 10.0 Å². The van der Waals surface area contributed by atoms with E-state index in [9.17, 15) is 13.2 Å². The summed E-state index contributed by atoms with van der Waals surface area (Å²) in [5, 5.41) is 8.68. The Morgan fingerprint density at radius 3 is 2.41 bits per heavy atom. The monoisotopic (exact) mass is 267 g/mol. The smallest absolute Gasteiger partial charge is 0.318 e. The Labute approximate surface area is 103 Å². The maximum atomic E-state index is 11.9. The van der Waals surface area contributed by atoms with Crippen molar-refractivity contribution in [1.29, 1.82) is 0 Å². The highest BCUT2D eigenvalue weighted by atomic mass is 32.2. The van der Waals surface area contributed by atoms with Gasteiger partial charge in [-0.3, -0.25) is 4.79 Å². The van der Waals surface area contributed by atoms with Gasteiger partial charge in [-0.2, -0.15) is 4.31 Å². The zero-order valence-electron chi connectivity index (χ0n) is 10.5. The van der Waals surface area contributed by atoms with Crippen molar-refractivity contribution in [2.75, 3.05) is 32.6 Å². The summed E-state index contributed by atoms with van der Waals surface area (Å²) in [6.45, 7) is 3.60. The lowest BCUT2D eigenvalue weighted by atomic mass is 10.2. The molecule has 0 amide bonds. The lowest BCUT2D eigenvalue weighted by Gasteiger charge is -2.20. The van der Waals surface area contributed by atoms with Crippen LogP contribution < -0.4 is 0 Å². The Hall–Kier alpha value is -0.660. The van der Waals surface area contributed by atoms with E-state index < -0.39 is 22.5 Å². The van der Waals surface area contributed by atoms with E-state index in [2.05, 4.69) is 0 Å². The summed E-state index contributed by atoms with van der Waals surface area (Å²) in [6, 6.07) is 0. The molecule has 17 heavy (non-hydrogen) atoms. The Kier molecular flexibility index (Phi) is 7.33. The van der Waals surface area contributed by atoms with Crippen LogP contribution in [0.3, 0.4) is 0 Å². The van der Waals surface area contributed by atoms with Crippen molar-refractivity contribution in [1.82, 2.24) is 4.31 Å². The number of rotatable bonds is 9. The quantitative estimate of drug-likeness (QED) is 0.653. The second kappa shape index (κ2) is 7.62. The molecule has 0 rings (SSSR count). The average Bonchev–Trinajstić information content (AvgIpc) is 2.21. The molecule has 0 spiro atoms. The van der Waals surface area contributed by atoms with Gasteiger partial charge in [0.05, 0.1) is 12.4 Å². The number of sulfonamides is 1. The second-order valence-corrected chi connectivity index (χ2v) is 6.31. The summed E-state index contributed by atoms with van der Waals surface area (Å²) in [4.78, 5) is 10.6. The highest BCUT2D eigenvalue weighted by molar-refractivity contribution is 7.89. The van der Waals surface area contributed by atoms with Crippen LogP contribution in [-0.4, -0.2) is 56.4 Å². The molecular weight excluding hydrogens is 246 g/mol. The minimum atomic E-state index is -3.51. The number of carbonyl (C=O) groups is 1. The van der Waals surface area contributed by atoms with Crippen LogP contribution in [0.5, 0.6) is 0 Å². The molecule has 0 saturated heterocycles. The zero-order chi connectivity index (χ0) is 13.5. The van der Waals surface area contributed by atoms with Gasteiger partial charge < -0.3 is 9.84 Å². The third kappa shape index (κ3) is 7.30. The fraction of sp³-hybridized carbons (Fsp3) is 0.900. The van der Waals surface area contributed by atoms with Crippen molar-refractivity contribution in [3.63, 3.8) is 0 Å². The molecule has 0 heterocycles. The standard InChI is InChI=1S/C10H21NO5S/c1-9(2)4-7-17(14,15)11(5-6-16-3)8-10(12)13/h9H,4-8H2,1-3H3,(H,12,13). The van der Waals surface area contributed by atoms with E-state index in [0.717, 1.165) is 4.31 Å². The van der Waals surface area contributed by atoms with E-state index in [1.807, 2.05) is 13.8 Å². The maximum absolute atomic E-state index is 11.9. The first-order chi connectivity index (χ1) is 7.79. The lowest BCUT2D eigenvalue weighted by molar-refractivity contribution is -0.137. The summed E-state index contributed by atoms with van der Waals surface area (Å²) in [6.07, 6.45) is 0.519. The normalized spacial score (nSPS) is 12.3. The number of ether oxygens (including phenoxy) is 1. The third-order valence-corrected chi connectivity index (χ3v) is 4.05. The number of hydrogen-bond acceptors (Lipinski definition) is 4. The maximum Gasteiger partial charge on any atom is 0.318 e. The summed E-state index contributed by atoms with van der Waals surface area (Å²) < 4.78 is 29.5. The van der Waals surface area contributed by atoms with E-state index in [1.54, 1.807) is 0 Å². The van der Waals surface area contributed by atoms with Crippen molar-refractivity contribution in [2.45, 2.75) is 20.3 Å². The van der Waals surface area contributed by atoms with Crippen LogP contribution in [0.15, 0.2) is 0 Å². The molecule has 0 unspecified atom stereocenters. The first-order valence-electron chi connectivity index (χ1n) is 5.48. The summed E-state index contributed by atoms with van der Waals surface area (Å²) in [7, 11) is -2.07. The lowest BCUT2D eigenvalue weighted by Crippen LogP contribution is -2.39. The van der Waals surface area contributed by atoms with Gasteiger partial charge in [-0.1, -0.05) is 13.8 Å². The Morgan fingerprint density at radius 2 is 2.00 bits per heavy atom. The van der Waals surface area contributed by atoms with Crippen LogP contribution in [0.2, 0.25) is 0 Å². The summed E-state index contributed by atoms with van der Waals surface area (Å²) in [5.74, 6) is -0.921. The molecule has 7 heteroatoms. The molecule has 0 aliphatic heterocycles. The largest absolute Gasteiger partial charge is 0.480 e. The minimum Gasteiger partial charge on any atom is -0.480 e. The average molecular weight is 267 g/mol. The zero-order valence-corrected chi connectivity index (χ0v) is 11.4. The van der Waals surface area contributed by atoms with Gasteiger partial charge in [-0.25, -0.2) is 8.42 Å². The number of aliphatic carboxylic acids is 1. The number of methoxy groups -OCH3 is 1. The molecule has 6 nitrogen and oxygen atoms in total. The molecule has 0 aliphatic rings. The number of nitrogens with zero attached hydrogens (tertiary/aromatic N) is 1. The van der Waals surface area contributed by atoms with E-state index in [1.165, 1.54) is 7.11 Å². The van der Waals surface area contributed by atoms with Crippen molar-refractivity contribution < 1.29 is 23.1 Å². The van der Waals surface area contributed by atoms with Gasteiger partial charge in [0, 0.05) is 13.7 Å². The molecule has 0 bridgehead atoms. The molecule has 0 aromatic rings. The summed E-state index contributed by atoms with van der Waals surface area (Å²) >= 11 is 0. The van der Waals surface area contributed by atoms with Gasteiger partial charge in [-0.15, -0.1) is 0 Å². The molecule has 0 saturated carbocycles. The van der Waals surface area contributed by atoms with Crippen LogP contribution in [0.1, 0.15) is 20.3 Å². The molecular formula is C10H21NO5S. The molecule has 102 valence electrons. The van der Waals surface area contributed by atoms with E-state index in [-0.39, 0.29) is 24.8 Å². The van der Waals surface area contributed by atoms with E-state index in [0.29, 0.717) is 6.42 Å². The van der Waals surface area contributed by atoms with Crippen molar-refractivity contribution in [3.05, 3.63) is 0 Å². The van der Waals surface area contributed by atoms with Gasteiger partial charge >= 0.3 is 5.97 Å². The van der Waals surface area contributed by atoms with Crippen LogP contribution >= 0.6 is 0 Å². The van der Waals surface area contributed by atoms with Crippen LogP contribution in [0, 0.1) is 5.92 Å². The van der Waals surface area contributed by atoms with Gasteiger partial charge in [0.1, 0.15) is 6.54 Å². The molecule has 0 radical (unpaired) electrons. The Balaban J connectivity index is 4.57. The predicted octanol–water partition coefficient (Wildman–Crippen LogP) is 0.395. The second-order valence-electron chi connectivity index (χ2n) is 4.22. The summed E-state index contributed by atoms with van der Waals surface area (Å²) in [5.41, 5.74) is 0.